The Bertz CT molecular complexity index is 728. The van der Waals surface area contributed by atoms with Crippen LogP contribution in [-0.4, -0.2) is 26.2 Å². The molecule has 0 amide bonds. The van der Waals surface area contributed by atoms with E-state index in [4.69, 9.17) is 0 Å². The van der Waals surface area contributed by atoms with E-state index in [-0.39, 0.29) is 12.2 Å². The number of hydrogen-bond donors (Lipinski definition) is 1. The normalized spacial score (nSPS) is 12.9. The third-order valence-corrected chi connectivity index (χ3v) is 4.79. The van der Waals surface area contributed by atoms with Crippen molar-refractivity contribution in [3.63, 3.8) is 0 Å². The topological polar surface area (TPSA) is 57.6 Å². The quantitative estimate of drug-likeness (QED) is 0.918. The van der Waals surface area contributed by atoms with E-state index in [1.54, 1.807) is 18.2 Å². The molecule has 22 heavy (non-hydrogen) atoms. The molecule has 1 atom stereocenters. The van der Waals surface area contributed by atoms with E-state index in [0.717, 1.165) is 22.5 Å². The second-order valence-electron chi connectivity index (χ2n) is 4.77. The van der Waals surface area contributed by atoms with Gasteiger partial charge in [0.1, 0.15) is 11.6 Å². The first-order valence-electron chi connectivity index (χ1n) is 6.54. The Morgan fingerprint density at radius 2 is 1.59 bits per heavy atom. The van der Waals surface area contributed by atoms with Crippen LogP contribution in [0.5, 0.6) is 0 Å². The predicted molar refractivity (Wildman–Crippen MR) is 79.0 cm³/mol. The number of hydrogen-bond acceptors (Lipinski definition) is 3. The summed E-state index contributed by atoms with van der Waals surface area (Å²) in [5, 5.41) is 9.54. The minimum atomic E-state index is -4.49. The second kappa shape index (κ2) is 6.41. The lowest BCUT2D eigenvalue weighted by atomic mass is 10.3. The molecule has 0 saturated heterocycles. The second-order valence-corrected chi connectivity index (χ2v) is 6.57. The van der Waals surface area contributed by atoms with E-state index in [2.05, 4.69) is 0 Å². The Hall–Kier alpha value is -1.99. The molecule has 0 spiro atoms. The molecule has 2 aromatic carbocycles. The fourth-order valence-electron chi connectivity index (χ4n) is 2.02. The monoisotopic (exact) mass is 327 g/mol. The van der Waals surface area contributed by atoms with Crippen LogP contribution in [0.25, 0.3) is 0 Å². The molecule has 2 aromatic rings. The van der Waals surface area contributed by atoms with Crippen molar-refractivity contribution in [3.05, 3.63) is 60.2 Å². The molecule has 0 bridgehead atoms. The summed E-state index contributed by atoms with van der Waals surface area (Å²) in [6, 6.07) is 10.7. The van der Waals surface area contributed by atoms with E-state index in [1.807, 2.05) is 0 Å². The summed E-state index contributed by atoms with van der Waals surface area (Å²) >= 11 is 0. The Labute approximate surface area is 127 Å². The van der Waals surface area contributed by atoms with Crippen molar-refractivity contribution in [1.82, 2.24) is 0 Å². The van der Waals surface area contributed by atoms with Gasteiger partial charge in [0.05, 0.1) is 18.3 Å². The van der Waals surface area contributed by atoms with E-state index < -0.39 is 32.7 Å². The fourth-order valence-corrected chi connectivity index (χ4v) is 3.68. The highest BCUT2D eigenvalue weighted by Gasteiger charge is 2.31. The summed E-state index contributed by atoms with van der Waals surface area (Å²) in [7, 11) is -4.49. The zero-order chi connectivity index (χ0) is 16.3. The molecule has 0 aliphatic heterocycles. The van der Waals surface area contributed by atoms with Gasteiger partial charge in [0, 0.05) is 0 Å². The third kappa shape index (κ3) is 3.26. The number of para-hydroxylation sites is 1. The van der Waals surface area contributed by atoms with Crippen molar-refractivity contribution < 1.29 is 22.3 Å². The van der Waals surface area contributed by atoms with Gasteiger partial charge in [0.15, 0.2) is 4.90 Å². The van der Waals surface area contributed by atoms with E-state index in [1.165, 1.54) is 19.1 Å². The van der Waals surface area contributed by atoms with Crippen molar-refractivity contribution >= 4 is 15.7 Å². The molecule has 118 valence electrons. The molecule has 1 N–H and O–H groups in total. The Morgan fingerprint density at radius 1 is 1.05 bits per heavy atom. The highest BCUT2D eigenvalue weighted by Crippen LogP contribution is 2.27. The van der Waals surface area contributed by atoms with E-state index >= 15 is 0 Å². The minimum Gasteiger partial charge on any atom is -0.392 e. The molecule has 2 rings (SSSR count). The van der Waals surface area contributed by atoms with Gasteiger partial charge in [-0.3, -0.25) is 4.31 Å². The number of nitrogens with zero attached hydrogens (tertiary/aromatic N) is 1. The van der Waals surface area contributed by atoms with Gasteiger partial charge in [-0.2, -0.15) is 0 Å². The van der Waals surface area contributed by atoms with E-state index in [0.29, 0.717) is 0 Å². The van der Waals surface area contributed by atoms with E-state index in [9.17, 15) is 22.3 Å². The van der Waals surface area contributed by atoms with Crippen molar-refractivity contribution in [3.8, 4) is 0 Å². The van der Waals surface area contributed by atoms with Crippen LogP contribution in [0, 0.1) is 11.6 Å². The van der Waals surface area contributed by atoms with Gasteiger partial charge in [-0.25, -0.2) is 17.2 Å². The average Bonchev–Trinajstić information content (AvgIpc) is 2.45. The highest BCUT2D eigenvalue weighted by molar-refractivity contribution is 7.92. The van der Waals surface area contributed by atoms with Gasteiger partial charge < -0.3 is 5.11 Å². The Balaban J connectivity index is 2.60. The van der Waals surface area contributed by atoms with Crippen molar-refractivity contribution in [2.45, 2.75) is 17.9 Å². The zero-order valence-corrected chi connectivity index (χ0v) is 12.6. The van der Waals surface area contributed by atoms with Gasteiger partial charge in [-0.15, -0.1) is 0 Å². The zero-order valence-electron chi connectivity index (χ0n) is 11.8. The van der Waals surface area contributed by atoms with Crippen LogP contribution >= 0.6 is 0 Å². The number of sulfonamides is 1. The number of rotatable bonds is 5. The minimum absolute atomic E-state index is 0.214. The Kier molecular flexibility index (Phi) is 4.77. The molecule has 0 heterocycles. The van der Waals surface area contributed by atoms with Crippen LogP contribution in [-0.2, 0) is 10.0 Å². The average molecular weight is 327 g/mol. The summed E-state index contributed by atoms with van der Waals surface area (Å²) < 4.78 is 53.8. The lowest BCUT2D eigenvalue weighted by Crippen LogP contribution is -2.37. The first-order valence-corrected chi connectivity index (χ1v) is 7.98. The summed E-state index contributed by atoms with van der Waals surface area (Å²) in [6.07, 6.45) is -1.01. The van der Waals surface area contributed by atoms with Crippen molar-refractivity contribution in [2.75, 3.05) is 10.8 Å². The lowest BCUT2D eigenvalue weighted by Gasteiger charge is -2.26. The summed E-state index contributed by atoms with van der Waals surface area (Å²) in [5.74, 6) is -2.35. The first kappa shape index (κ1) is 16.4. The van der Waals surface area contributed by atoms with Crippen molar-refractivity contribution in [1.29, 1.82) is 0 Å². The van der Waals surface area contributed by atoms with Crippen LogP contribution in [0.3, 0.4) is 0 Å². The number of benzene rings is 2. The molecular formula is C15H15F2NO3S. The highest BCUT2D eigenvalue weighted by atomic mass is 32.2. The van der Waals surface area contributed by atoms with Crippen LogP contribution in [0.2, 0.25) is 0 Å². The summed E-state index contributed by atoms with van der Waals surface area (Å²) in [5.41, 5.74) is 0.214. The molecular weight excluding hydrogens is 312 g/mol. The largest absolute Gasteiger partial charge is 0.392 e. The molecule has 0 saturated carbocycles. The van der Waals surface area contributed by atoms with Crippen LogP contribution in [0.4, 0.5) is 14.5 Å². The van der Waals surface area contributed by atoms with Crippen molar-refractivity contribution in [2.24, 2.45) is 0 Å². The third-order valence-electron chi connectivity index (χ3n) is 2.94. The summed E-state index contributed by atoms with van der Waals surface area (Å²) in [6.45, 7) is 1.07. The van der Waals surface area contributed by atoms with Gasteiger partial charge in [0.2, 0.25) is 0 Å². The molecule has 4 nitrogen and oxygen atoms in total. The number of halogens is 2. The number of aliphatic hydroxyl groups excluding tert-OH is 1. The lowest BCUT2D eigenvalue weighted by molar-refractivity contribution is 0.204. The van der Waals surface area contributed by atoms with Gasteiger partial charge in [-0.05, 0) is 31.2 Å². The molecule has 0 aliphatic carbocycles. The number of aliphatic hydroxyl groups is 1. The molecule has 0 radical (unpaired) electrons. The Morgan fingerprint density at radius 3 is 2.09 bits per heavy atom. The fraction of sp³-hybridized carbons (Fsp3) is 0.200. The molecule has 0 aromatic heterocycles. The maximum atomic E-state index is 13.9. The van der Waals surface area contributed by atoms with Gasteiger partial charge in [0.25, 0.3) is 10.0 Å². The smallest absolute Gasteiger partial charge is 0.270 e. The number of anilines is 1. The van der Waals surface area contributed by atoms with Crippen LogP contribution < -0.4 is 4.31 Å². The maximum Gasteiger partial charge on any atom is 0.270 e. The SMILES string of the molecule is C[C@@H](O)CN(c1ccccc1)S(=O)(=O)c1c(F)cccc1F. The molecule has 0 unspecified atom stereocenters. The maximum absolute atomic E-state index is 13.9. The van der Waals surface area contributed by atoms with Gasteiger partial charge >= 0.3 is 0 Å². The molecule has 0 aliphatic rings. The summed E-state index contributed by atoms with van der Waals surface area (Å²) in [4.78, 5) is -1.03. The molecule has 7 heteroatoms. The first-order chi connectivity index (χ1) is 10.3. The van der Waals surface area contributed by atoms with Crippen LogP contribution in [0.15, 0.2) is 53.4 Å². The van der Waals surface area contributed by atoms with Gasteiger partial charge in [-0.1, -0.05) is 24.3 Å². The predicted octanol–water partition coefficient (Wildman–Crippen LogP) is 2.54. The molecule has 0 fully saturated rings. The standard InChI is InChI=1S/C15H15F2NO3S/c1-11(19)10-18(12-6-3-2-4-7-12)22(20,21)15-13(16)8-5-9-14(15)17/h2-9,11,19H,10H2,1H3/t11-/m1/s1. The van der Waals surface area contributed by atoms with Crippen LogP contribution in [0.1, 0.15) is 6.92 Å².